The van der Waals surface area contributed by atoms with E-state index in [4.69, 9.17) is 9.84 Å². The zero-order valence-corrected chi connectivity index (χ0v) is 9.77. The summed E-state index contributed by atoms with van der Waals surface area (Å²) in [5.74, 6) is -1.21. The first-order valence-electron chi connectivity index (χ1n) is 5.38. The molecule has 94 valence electrons. The van der Waals surface area contributed by atoms with E-state index < -0.39 is 11.6 Å². The van der Waals surface area contributed by atoms with Crippen LogP contribution >= 0.6 is 0 Å². The molecular formula is C10H20N2O4. The summed E-state index contributed by atoms with van der Waals surface area (Å²) < 4.78 is 5.49. The lowest BCUT2D eigenvalue weighted by Gasteiger charge is -2.30. The van der Waals surface area contributed by atoms with E-state index >= 15 is 0 Å². The molecule has 3 N–H and O–H groups in total. The zero-order valence-electron chi connectivity index (χ0n) is 9.77. The lowest BCUT2D eigenvalue weighted by molar-refractivity contribution is -0.158. The van der Waals surface area contributed by atoms with Crippen LogP contribution in [0.3, 0.4) is 0 Å². The normalized spacial score (nSPS) is 25.4. The van der Waals surface area contributed by atoms with Gasteiger partial charge in [0.15, 0.2) is 5.60 Å². The molecule has 16 heavy (non-hydrogen) atoms. The van der Waals surface area contributed by atoms with E-state index in [2.05, 4.69) is 5.32 Å². The third kappa shape index (κ3) is 4.05. The van der Waals surface area contributed by atoms with Gasteiger partial charge in [0.2, 0.25) is 0 Å². The van der Waals surface area contributed by atoms with Crippen molar-refractivity contribution in [3.63, 3.8) is 0 Å². The summed E-state index contributed by atoms with van der Waals surface area (Å²) in [6.07, 6.45) is 0.0587. The Bertz CT molecular complexity index is 239. The van der Waals surface area contributed by atoms with Gasteiger partial charge in [-0.15, -0.1) is 0 Å². The fourth-order valence-corrected chi connectivity index (χ4v) is 1.74. The van der Waals surface area contributed by atoms with Crippen LogP contribution in [0.2, 0.25) is 0 Å². The predicted octanol–water partition coefficient (Wildman–Crippen LogP) is -1.26. The minimum atomic E-state index is -1.71. The Balaban J connectivity index is 2.34. The van der Waals surface area contributed by atoms with Crippen LogP contribution in [0.4, 0.5) is 0 Å². The Morgan fingerprint density at radius 1 is 1.69 bits per heavy atom. The maximum Gasteiger partial charge on any atom is 0.336 e. The molecular weight excluding hydrogens is 212 g/mol. The van der Waals surface area contributed by atoms with Gasteiger partial charge in [0.1, 0.15) is 0 Å². The van der Waals surface area contributed by atoms with Crippen molar-refractivity contribution in [2.45, 2.75) is 18.6 Å². The molecule has 0 saturated carbocycles. The molecule has 0 aromatic heterocycles. The van der Waals surface area contributed by atoms with E-state index in [0.29, 0.717) is 13.2 Å². The zero-order chi connectivity index (χ0) is 12.2. The van der Waals surface area contributed by atoms with Crippen LogP contribution in [-0.2, 0) is 9.53 Å². The molecule has 1 saturated heterocycles. The summed E-state index contributed by atoms with van der Waals surface area (Å²) in [7, 11) is 1.77. The van der Waals surface area contributed by atoms with Crippen LogP contribution in [0.1, 0.15) is 6.92 Å². The Morgan fingerprint density at radius 2 is 2.38 bits per heavy atom. The first-order chi connectivity index (χ1) is 7.42. The third-order valence-electron chi connectivity index (χ3n) is 2.56. The minimum Gasteiger partial charge on any atom is -0.479 e. The number of ether oxygens (including phenoxy) is 1. The van der Waals surface area contributed by atoms with Crippen molar-refractivity contribution in [3.05, 3.63) is 0 Å². The van der Waals surface area contributed by atoms with Gasteiger partial charge in [-0.1, -0.05) is 0 Å². The molecule has 0 radical (unpaired) electrons. The fraction of sp³-hybridized carbons (Fsp3) is 0.900. The summed E-state index contributed by atoms with van der Waals surface area (Å²) in [5.41, 5.74) is -1.71. The molecule has 1 aliphatic rings. The molecule has 1 rings (SSSR count). The summed E-state index contributed by atoms with van der Waals surface area (Å²) in [5, 5.41) is 21.6. The summed E-state index contributed by atoms with van der Waals surface area (Å²) in [6, 6.07) is 0. The number of carboxylic acid groups (broad SMARTS) is 1. The lowest BCUT2D eigenvalue weighted by atomic mass is 10.1. The van der Waals surface area contributed by atoms with E-state index in [-0.39, 0.29) is 12.6 Å². The highest BCUT2D eigenvalue weighted by Gasteiger charge is 2.32. The Labute approximate surface area is 95.2 Å². The van der Waals surface area contributed by atoms with Crippen molar-refractivity contribution < 1.29 is 19.7 Å². The predicted molar refractivity (Wildman–Crippen MR) is 58.4 cm³/mol. The molecule has 2 unspecified atom stereocenters. The molecule has 6 nitrogen and oxygen atoms in total. The number of carbonyl (C=O) groups is 1. The molecule has 0 bridgehead atoms. The Hall–Kier alpha value is -0.690. The van der Waals surface area contributed by atoms with E-state index in [1.54, 1.807) is 11.9 Å². The number of hydrogen-bond acceptors (Lipinski definition) is 5. The van der Waals surface area contributed by atoms with E-state index in [1.165, 1.54) is 6.92 Å². The van der Waals surface area contributed by atoms with Gasteiger partial charge in [-0.05, 0) is 14.0 Å². The summed E-state index contributed by atoms with van der Waals surface area (Å²) in [4.78, 5) is 12.5. The lowest BCUT2D eigenvalue weighted by Crippen LogP contribution is -2.50. The number of likely N-dealkylation sites (N-methyl/N-ethyl adjacent to an activating group) is 1. The van der Waals surface area contributed by atoms with Crippen LogP contribution in [0.15, 0.2) is 0 Å². The van der Waals surface area contributed by atoms with Crippen LogP contribution < -0.4 is 5.32 Å². The van der Waals surface area contributed by atoms with E-state index in [0.717, 1.165) is 13.1 Å². The van der Waals surface area contributed by atoms with Crippen LogP contribution in [0.25, 0.3) is 0 Å². The van der Waals surface area contributed by atoms with Crippen molar-refractivity contribution in [1.82, 2.24) is 10.2 Å². The van der Waals surface area contributed by atoms with Gasteiger partial charge in [-0.3, -0.25) is 0 Å². The summed E-state index contributed by atoms with van der Waals surface area (Å²) >= 11 is 0. The maximum atomic E-state index is 10.7. The van der Waals surface area contributed by atoms with Crippen LogP contribution in [0.5, 0.6) is 0 Å². The van der Waals surface area contributed by atoms with Crippen molar-refractivity contribution in [2.24, 2.45) is 0 Å². The molecule has 2 atom stereocenters. The molecule has 1 aliphatic heterocycles. The first kappa shape index (κ1) is 13.4. The monoisotopic (exact) mass is 232 g/mol. The SMILES string of the molecule is CN(CC1CNCCO1)CC(C)(O)C(=O)O. The Kier molecular flexibility index (Phi) is 4.67. The number of carboxylic acids is 1. The number of rotatable bonds is 5. The molecule has 1 heterocycles. The largest absolute Gasteiger partial charge is 0.479 e. The number of nitrogens with one attached hydrogen (secondary N) is 1. The Morgan fingerprint density at radius 3 is 2.88 bits per heavy atom. The number of hydrogen-bond donors (Lipinski definition) is 3. The smallest absolute Gasteiger partial charge is 0.336 e. The number of aliphatic carboxylic acids is 1. The van der Waals surface area contributed by atoms with Gasteiger partial charge >= 0.3 is 5.97 Å². The molecule has 0 aromatic rings. The molecule has 0 aromatic carbocycles. The summed E-state index contributed by atoms with van der Waals surface area (Å²) in [6.45, 7) is 4.28. The van der Waals surface area contributed by atoms with Crippen molar-refractivity contribution in [1.29, 1.82) is 0 Å². The van der Waals surface area contributed by atoms with Crippen molar-refractivity contribution in [2.75, 3.05) is 39.8 Å². The minimum absolute atomic E-state index is 0.0587. The second kappa shape index (κ2) is 5.58. The molecule has 0 spiro atoms. The van der Waals surface area contributed by atoms with Crippen LogP contribution in [-0.4, -0.2) is 72.6 Å². The average molecular weight is 232 g/mol. The topological polar surface area (TPSA) is 82.0 Å². The van der Waals surface area contributed by atoms with Crippen LogP contribution in [0, 0.1) is 0 Å². The second-order valence-corrected chi connectivity index (χ2v) is 4.47. The number of morpholine rings is 1. The van der Waals surface area contributed by atoms with Gasteiger partial charge < -0.3 is 25.2 Å². The molecule has 0 aliphatic carbocycles. The van der Waals surface area contributed by atoms with Gasteiger partial charge in [-0.2, -0.15) is 0 Å². The fourth-order valence-electron chi connectivity index (χ4n) is 1.74. The maximum absolute atomic E-state index is 10.7. The standard InChI is InChI=1S/C10H20N2O4/c1-10(15,9(13)14)7-12(2)6-8-5-11-3-4-16-8/h8,11,15H,3-7H2,1-2H3,(H,13,14). The highest BCUT2D eigenvalue weighted by atomic mass is 16.5. The van der Waals surface area contributed by atoms with Gasteiger partial charge in [0, 0.05) is 26.2 Å². The molecule has 0 amide bonds. The van der Waals surface area contributed by atoms with Gasteiger partial charge in [0.25, 0.3) is 0 Å². The highest BCUT2D eigenvalue weighted by Crippen LogP contribution is 2.07. The van der Waals surface area contributed by atoms with Crippen molar-refractivity contribution in [3.8, 4) is 0 Å². The number of aliphatic hydroxyl groups is 1. The molecule has 6 heteroatoms. The van der Waals surface area contributed by atoms with Gasteiger partial charge in [0.05, 0.1) is 12.7 Å². The van der Waals surface area contributed by atoms with E-state index in [9.17, 15) is 9.90 Å². The average Bonchev–Trinajstić information content (AvgIpc) is 2.17. The molecule has 1 fully saturated rings. The quantitative estimate of drug-likeness (QED) is 0.549. The first-order valence-corrected chi connectivity index (χ1v) is 5.38. The third-order valence-corrected chi connectivity index (χ3v) is 2.56. The number of nitrogens with zero attached hydrogens (tertiary/aromatic N) is 1. The highest BCUT2D eigenvalue weighted by molar-refractivity contribution is 5.76. The van der Waals surface area contributed by atoms with Crippen molar-refractivity contribution >= 4 is 5.97 Å². The van der Waals surface area contributed by atoms with Gasteiger partial charge in [-0.25, -0.2) is 4.79 Å². The second-order valence-electron chi connectivity index (χ2n) is 4.47. The van der Waals surface area contributed by atoms with E-state index in [1.807, 2.05) is 0 Å².